The molecule has 1 unspecified atom stereocenters. The van der Waals surface area contributed by atoms with Crippen LogP contribution in [0.25, 0.3) is 0 Å². The highest BCUT2D eigenvalue weighted by molar-refractivity contribution is 5.35. The summed E-state index contributed by atoms with van der Waals surface area (Å²) in [6.07, 6.45) is 10.5. The minimum atomic E-state index is -0.107. The molecule has 0 N–H and O–H groups in total. The molecular weight excluding hydrogens is 307 g/mol. The fourth-order valence-electron chi connectivity index (χ4n) is 4.74. The molecule has 25 heavy (non-hydrogen) atoms. The Bertz CT molecular complexity index is 735. The molecule has 0 bridgehead atoms. The van der Waals surface area contributed by atoms with E-state index in [1.165, 1.54) is 54.4 Å². The van der Waals surface area contributed by atoms with Crippen molar-refractivity contribution in [2.45, 2.75) is 56.8 Å². The van der Waals surface area contributed by atoms with Gasteiger partial charge in [-0.1, -0.05) is 36.4 Å². The van der Waals surface area contributed by atoms with Crippen LogP contribution >= 0.6 is 0 Å². The molecule has 130 valence electrons. The largest absolute Gasteiger partial charge is 0.207 e. The van der Waals surface area contributed by atoms with Crippen molar-refractivity contribution in [1.82, 2.24) is 0 Å². The highest BCUT2D eigenvalue weighted by atomic mass is 19.1. The second-order valence-corrected chi connectivity index (χ2v) is 7.87. The molecule has 2 aromatic carbocycles. The molecule has 0 spiro atoms. The third-order valence-electron chi connectivity index (χ3n) is 6.38. The van der Waals surface area contributed by atoms with E-state index < -0.39 is 0 Å². The van der Waals surface area contributed by atoms with Gasteiger partial charge in [-0.3, -0.25) is 0 Å². The molecule has 0 heterocycles. The number of halogens is 1. The average Bonchev–Trinajstić information content (AvgIpc) is 2.67. The van der Waals surface area contributed by atoms with E-state index in [4.69, 9.17) is 0 Å². The maximum atomic E-state index is 13.5. The first kappa shape index (κ1) is 16.6. The van der Waals surface area contributed by atoms with Gasteiger partial charge in [0.1, 0.15) is 5.82 Å². The van der Waals surface area contributed by atoms with Crippen LogP contribution in [0.15, 0.2) is 55.1 Å². The summed E-state index contributed by atoms with van der Waals surface area (Å²) in [6.45, 7) is 3.94. The van der Waals surface area contributed by atoms with Gasteiger partial charge in [0.25, 0.3) is 0 Å². The summed E-state index contributed by atoms with van der Waals surface area (Å²) in [4.78, 5) is 0. The SMILES string of the molecule is C=CC1CCC(c2ccc(C3CCc4ccc(F)cc4C3)cc2)CC1. The van der Waals surface area contributed by atoms with E-state index in [1.54, 1.807) is 12.1 Å². The molecule has 0 saturated heterocycles. The van der Waals surface area contributed by atoms with Crippen LogP contribution in [0.3, 0.4) is 0 Å². The standard InChI is InChI=1S/C24H27F/c1-2-17-3-5-18(6-4-17)19-7-9-20(10-8-19)22-12-11-21-13-14-24(25)16-23(21)15-22/h2,7-10,13-14,16-18,22H,1,3-6,11-12,15H2. The van der Waals surface area contributed by atoms with Crippen molar-refractivity contribution in [2.24, 2.45) is 5.92 Å². The van der Waals surface area contributed by atoms with Gasteiger partial charge in [0.2, 0.25) is 0 Å². The van der Waals surface area contributed by atoms with Crippen LogP contribution in [0, 0.1) is 11.7 Å². The lowest BCUT2D eigenvalue weighted by atomic mass is 9.77. The molecule has 0 nitrogen and oxygen atoms in total. The second-order valence-electron chi connectivity index (χ2n) is 7.87. The second kappa shape index (κ2) is 7.15. The van der Waals surface area contributed by atoms with Gasteiger partial charge < -0.3 is 0 Å². The van der Waals surface area contributed by atoms with Gasteiger partial charge in [0.15, 0.2) is 0 Å². The topological polar surface area (TPSA) is 0 Å². The van der Waals surface area contributed by atoms with Crippen molar-refractivity contribution < 1.29 is 4.39 Å². The Morgan fingerprint density at radius 2 is 1.48 bits per heavy atom. The van der Waals surface area contributed by atoms with Crippen LogP contribution in [0.1, 0.15) is 66.2 Å². The van der Waals surface area contributed by atoms with E-state index in [9.17, 15) is 4.39 Å². The molecule has 0 aromatic heterocycles. The molecule has 0 aliphatic heterocycles. The van der Waals surface area contributed by atoms with Crippen LogP contribution in [0.4, 0.5) is 4.39 Å². The number of aryl methyl sites for hydroxylation is 1. The van der Waals surface area contributed by atoms with Crippen molar-refractivity contribution in [1.29, 1.82) is 0 Å². The molecule has 1 atom stereocenters. The molecule has 0 amide bonds. The van der Waals surface area contributed by atoms with Gasteiger partial charge in [-0.15, -0.1) is 6.58 Å². The molecule has 2 aliphatic carbocycles. The third-order valence-corrected chi connectivity index (χ3v) is 6.38. The smallest absolute Gasteiger partial charge is 0.123 e. The number of allylic oxidation sites excluding steroid dienone is 1. The van der Waals surface area contributed by atoms with E-state index in [2.05, 4.69) is 36.9 Å². The summed E-state index contributed by atoms with van der Waals surface area (Å²) in [7, 11) is 0. The lowest BCUT2D eigenvalue weighted by Gasteiger charge is -2.28. The lowest BCUT2D eigenvalue weighted by molar-refractivity contribution is 0.376. The Morgan fingerprint density at radius 1 is 0.800 bits per heavy atom. The maximum absolute atomic E-state index is 13.5. The van der Waals surface area contributed by atoms with Crippen LogP contribution in [-0.2, 0) is 12.8 Å². The highest BCUT2D eigenvalue weighted by Crippen LogP contribution is 2.38. The predicted octanol–water partition coefficient (Wildman–Crippen LogP) is 6.56. The monoisotopic (exact) mass is 334 g/mol. The van der Waals surface area contributed by atoms with E-state index >= 15 is 0 Å². The molecule has 2 aromatic rings. The maximum Gasteiger partial charge on any atom is 0.123 e. The normalized spacial score (nSPS) is 26.0. The Balaban J connectivity index is 1.45. The first-order valence-corrected chi connectivity index (χ1v) is 9.72. The predicted molar refractivity (Wildman–Crippen MR) is 103 cm³/mol. The van der Waals surface area contributed by atoms with Gasteiger partial charge in [-0.05, 0) is 97.1 Å². The minimum absolute atomic E-state index is 0.107. The highest BCUT2D eigenvalue weighted by Gasteiger charge is 2.23. The van der Waals surface area contributed by atoms with Gasteiger partial charge >= 0.3 is 0 Å². The zero-order chi connectivity index (χ0) is 17.2. The summed E-state index contributed by atoms with van der Waals surface area (Å²) in [6, 6.07) is 14.6. The molecular formula is C24H27F. The zero-order valence-electron chi connectivity index (χ0n) is 14.9. The number of rotatable bonds is 3. The molecule has 1 heteroatoms. The first-order chi connectivity index (χ1) is 12.2. The van der Waals surface area contributed by atoms with Crippen LogP contribution in [-0.4, -0.2) is 0 Å². The van der Waals surface area contributed by atoms with E-state index in [1.807, 2.05) is 6.07 Å². The Labute approximate surface area is 150 Å². The number of benzene rings is 2. The van der Waals surface area contributed by atoms with Gasteiger partial charge in [0, 0.05) is 0 Å². The zero-order valence-corrected chi connectivity index (χ0v) is 14.9. The van der Waals surface area contributed by atoms with E-state index in [0.717, 1.165) is 18.8 Å². The van der Waals surface area contributed by atoms with Crippen molar-refractivity contribution in [3.63, 3.8) is 0 Å². The van der Waals surface area contributed by atoms with Crippen LogP contribution < -0.4 is 0 Å². The van der Waals surface area contributed by atoms with Gasteiger partial charge in [-0.25, -0.2) is 4.39 Å². The van der Waals surface area contributed by atoms with Crippen molar-refractivity contribution in [3.05, 3.63) is 83.2 Å². The minimum Gasteiger partial charge on any atom is -0.207 e. The van der Waals surface area contributed by atoms with E-state index in [-0.39, 0.29) is 5.82 Å². The van der Waals surface area contributed by atoms with Crippen molar-refractivity contribution >= 4 is 0 Å². The number of hydrogen-bond acceptors (Lipinski definition) is 0. The molecule has 4 rings (SSSR count). The summed E-state index contributed by atoms with van der Waals surface area (Å²) in [5.41, 5.74) is 5.43. The van der Waals surface area contributed by atoms with Crippen molar-refractivity contribution in [3.8, 4) is 0 Å². The summed E-state index contributed by atoms with van der Waals surface area (Å²) >= 11 is 0. The fourth-order valence-corrected chi connectivity index (χ4v) is 4.74. The lowest BCUT2D eigenvalue weighted by Crippen LogP contribution is -2.14. The summed E-state index contributed by atoms with van der Waals surface area (Å²) in [5, 5.41) is 0. The Hall–Kier alpha value is -1.89. The third kappa shape index (κ3) is 3.56. The number of fused-ring (bicyclic) bond motifs is 1. The molecule has 0 radical (unpaired) electrons. The van der Waals surface area contributed by atoms with E-state index in [0.29, 0.717) is 11.8 Å². The fraction of sp³-hybridized carbons (Fsp3) is 0.417. The van der Waals surface area contributed by atoms with Crippen molar-refractivity contribution in [2.75, 3.05) is 0 Å². The summed E-state index contributed by atoms with van der Waals surface area (Å²) in [5.74, 6) is 1.86. The Kier molecular flexibility index (Phi) is 4.74. The quantitative estimate of drug-likeness (QED) is 0.558. The molecule has 2 aliphatic rings. The average molecular weight is 334 g/mol. The Morgan fingerprint density at radius 3 is 2.16 bits per heavy atom. The molecule has 1 saturated carbocycles. The van der Waals surface area contributed by atoms with Gasteiger partial charge in [0.05, 0.1) is 0 Å². The van der Waals surface area contributed by atoms with Crippen LogP contribution in [0.5, 0.6) is 0 Å². The summed E-state index contributed by atoms with van der Waals surface area (Å²) < 4.78 is 13.5. The molecule has 1 fully saturated rings. The van der Waals surface area contributed by atoms with Crippen LogP contribution in [0.2, 0.25) is 0 Å². The number of hydrogen-bond donors (Lipinski definition) is 0. The first-order valence-electron chi connectivity index (χ1n) is 9.72. The van der Waals surface area contributed by atoms with Gasteiger partial charge in [-0.2, -0.15) is 0 Å².